The summed E-state index contributed by atoms with van der Waals surface area (Å²) in [5.74, 6) is 0.490. The molecule has 104 valence electrons. The van der Waals surface area contributed by atoms with Gasteiger partial charge < -0.3 is 5.32 Å². The first-order chi connectivity index (χ1) is 9.88. The maximum atomic E-state index is 4.59. The molecule has 0 bridgehead atoms. The molecule has 2 heteroatoms. The van der Waals surface area contributed by atoms with Gasteiger partial charge in [-0.25, -0.2) is 0 Å². The van der Waals surface area contributed by atoms with Crippen molar-refractivity contribution in [2.24, 2.45) is 0 Å². The first-order valence-corrected chi connectivity index (χ1v) is 7.62. The normalized spacial score (nSPS) is 17.1. The van der Waals surface area contributed by atoms with Crippen molar-refractivity contribution < 1.29 is 0 Å². The van der Waals surface area contributed by atoms with Crippen molar-refractivity contribution in [3.05, 3.63) is 65.0 Å². The minimum absolute atomic E-state index is 0.490. The highest BCUT2D eigenvalue weighted by molar-refractivity contribution is 5.38. The monoisotopic (exact) mass is 266 g/mol. The third-order valence-corrected chi connectivity index (χ3v) is 4.10. The van der Waals surface area contributed by atoms with Crippen LogP contribution in [0.15, 0.2) is 42.6 Å². The van der Waals surface area contributed by atoms with Gasteiger partial charge in [0.15, 0.2) is 0 Å². The van der Waals surface area contributed by atoms with E-state index in [9.17, 15) is 0 Å². The van der Waals surface area contributed by atoms with Crippen LogP contribution in [0.25, 0.3) is 0 Å². The molecule has 20 heavy (non-hydrogen) atoms. The summed E-state index contributed by atoms with van der Waals surface area (Å²) >= 11 is 0. The van der Waals surface area contributed by atoms with Crippen molar-refractivity contribution >= 4 is 0 Å². The summed E-state index contributed by atoms with van der Waals surface area (Å²) in [4.78, 5) is 4.59. The molecule has 1 heterocycles. The summed E-state index contributed by atoms with van der Waals surface area (Å²) in [5.41, 5.74) is 5.47. The number of aromatic nitrogens is 1. The molecular formula is C18H22N2. The number of nitrogens with zero attached hydrogens (tertiary/aromatic N) is 1. The van der Waals surface area contributed by atoms with Crippen molar-refractivity contribution in [1.29, 1.82) is 0 Å². The van der Waals surface area contributed by atoms with Crippen LogP contribution in [0.5, 0.6) is 0 Å². The van der Waals surface area contributed by atoms with Gasteiger partial charge in [0.05, 0.1) is 5.69 Å². The molecule has 0 saturated carbocycles. The van der Waals surface area contributed by atoms with Crippen molar-refractivity contribution in [2.45, 2.75) is 38.6 Å². The van der Waals surface area contributed by atoms with E-state index in [0.29, 0.717) is 5.92 Å². The second-order valence-electron chi connectivity index (χ2n) is 5.56. The molecule has 2 aromatic rings. The zero-order valence-electron chi connectivity index (χ0n) is 12.1. The quantitative estimate of drug-likeness (QED) is 0.835. The van der Waals surface area contributed by atoms with Crippen LogP contribution in [0.2, 0.25) is 0 Å². The Morgan fingerprint density at radius 1 is 1.20 bits per heavy atom. The van der Waals surface area contributed by atoms with E-state index in [4.69, 9.17) is 0 Å². The molecule has 1 aromatic heterocycles. The molecule has 0 spiro atoms. The molecule has 0 amide bonds. The fourth-order valence-corrected chi connectivity index (χ4v) is 3.01. The van der Waals surface area contributed by atoms with Crippen LogP contribution in [0.3, 0.4) is 0 Å². The maximum Gasteiger partial charge on any atom is 0.0510 e. The van der Waals surface area contributed by atoms with Crippen LogP contribution in [-0.2, 0) is 13.0 Å². The molecule has 2 nitrogen and oxygen atoms in total. The largest absolute Gasteiger partial charge is 0.313 e. The number of nitrogens with one attached hydrogen (secondary N) is 1. The SMILES string of the molecule is CCCNCc1ccc(C2CCc3cccnc32)cc1. The highest BCUT2D eigenvalue weighted by Gasteiger charge is 2.24. The van der Waals surface area contributed by atoms with Gasteiger partial charge in [0, 0.05) is 18.7 Å². The predicted octanol–water partition coefficient (Wildman–Crippen LogP) is 3.66. The molecule has 1 aliphatic rings. The second kappa shape index (κ2) is 6.19. The fraction of sp³-hybridized carbons (Fsp3) is 0.389. The van der Waals surface area contributed by atoms with Crippen LogP contribution in [0.4, 0.5) is 0 Å². The Hall–Kier alpha value is -1.67. The Kier molecular flexibility index (Phi) is 4.12. The van der Waals surface area contributed by atoms with Crippen LogP contribution >= 0.6 is 0 Å². The molecule has 1 unspecified atom stereocenters. The summed E-state index contributed by atoms with van der Waals surface area (Å²) in [6.45, 7) is 4.25. The maximum absolute atomic E-state index is 4.59. The Labute approximate surface area is 121 Å². The lowest BCUT2D eigenvalue weighted by Crippen LogP contribution is -2.13. The van der Waals surface area contributed by atoms with Crippen LogP contribution in [-0.4, -0.2) is 11.5 Å². The summed E-state index contributed by atoms with van der Waals surface area (Å²) in [6.07, 6.45) is 5.45. The predicted molar refractivity (Wildman–Crippen MR) is 82.8 cm³/mol. The molecule has 0 radical (unpaired) electrons. The van der Waals surface area contributed by atoms with Gasteiger partial charge in [-0.3, -0.25) is 4.98 Å². The molecule has 0 aliphatic heterocycles. The number of fused-ring (bicyclic) bond motifs is 1. The smallest absolute Gasteiger partial charge is 0.0510 e. The van der Waals surface area contributed by atoms with E-state index in [1.54, 1.807) is 0 Å². The van der Waals surface area contributed by atoms with Crippen molar-refractivity contribution in [3.8, 4) is 0 Å². The van der Waals surface area contributed by atoms with E-state index >= 15 is 0 Å². The van der Waals surface area contributed by atoms with E-state index in [2.05, 4.69) is 47.6 Å². The Morgan fingerprint density at radius 3 is 2.85 bits per heavy atom. The van der Waals surface area contributed by atoms with Gasteiger partial charge in [0.1, 0.15) is 0 Å². The fourth-order valence-electron chi connectivity index (χ4n) is 3.01. The third-order valence-electron chi connectivity index (χ3n) is 4.10. The van der Waals surface area contributed by atoms with Gasteiger partial charge in [0.25, 0.3) is 0 Å². The third kappa shape index (κ3) is 2.75. The Balaban J connectivity index is 1.73. The average Bonchev–Trinajstić information content (AvgIpc) is 2.92. The van der Waals surface area contributed by atoms with Crippen molar-refractivity contribution in [2.75, 3.05) is 6.54 Å². The molecule has 1 aromatic carbocycles. The first-order valence-electron chi connectivity index (χ1n) is 7.62. The molecular weight excluding hydrogens is 244 g/mol. The minimum Gasteiger partial charge on any atom is -0.313 e. The summed E-state index contributed by atoms with van der Waals surface area (Å²) in [5, 5.41) is 3.44. The number of hydrogen-bond acceptors (Lipinski definition) is 2. The van der Waals surface area contributed by atoms with Crippen molar-refractivity contribution in [1.82, 2.24) is 10.3 Å². The minimum atomic E-state index is 0.490. The lowest BCUT2D eigenvalue weighted by Gasteiger charge is -2.12. The topological polar surface area (TPSA) is 24.9 Å². The van der Waals surface area contributed by atoms with Crippen LogP contribution in [0, 0.1) is 0 Å². The lowest BCUT2D eigenvalue weighted by molar-refractivity contribution is 0.675. The molecule has 0 fully saturated rings. The van der Waals surface area contributed by atoms with E-state index in [1.165, 1.54) is 35.2 Å². The zero-order chi connectivity index (χ0) is 13.8. The van der Waals surface area contributed by atoms with E-state index < -0.39 is 0 Å². The Morgan fingerprint density at radius 2 is 2.05 bits per heavy atom. The van der Waals surface area contributed by atoms with Crippen LogP contribution < -0.4 is 5.32 Å². The summed E-state index contributed by atoms with van der Waals surface area (Å²) in [6, 6.07) is 13.3. The molecule has 1 aliphatic carbocycles. The van der Waals surface area contributed by atoms with Gasteiger partial charge in [-0.05, 0) is 48.6 Å². The van der Waals surface area contributed by atoms with Gasteiger partial charge >= 0.3 is 0 Å². The summed E-state index contributed by atoms with van der Waals surface area (Å²) in [7, 11) is 0. The van der Waals surface area contributed by atoms with E-state index in [-0.39, 0.29) is 0 Å². The molecule has 1 N–H and O–H groups in total. The summed E-state index contributed by atoms with van der Waals surface area (Å²) < 4.78 is 0. The van der Waals surface area contributed by atoms with Gasteiger partial charge in [-0.15, -0.1) is 0 Å². The number of aryl methyl sites for hydroxylation is 1. The zero-order valence-corrected chi connectivity index (χ0v) is 12.1. The highest BCUT2D eigenvalue weighted by Crippen LogP contribution is 2.36. The molecule has 1 atom stereocenters. The number of pyridine rings is 1. The average molecular weight is 266 g/mol. The van der Waals surface area contributed by atoms with Gasteiger partial charge in [0.2, 0.25) is 0 Å². The molecule has 0 saturated heterocycles. The van der Waals surface area contributed by atoms with Crippen LogP contribution in [0.1, 0.15) is 48.1 Å². The molecule has 3 rings (SSSR count). The van der Waals surface area contributed by atoms with E-state index in [0.717, 1.165) is 19.5 Å². The van der Waals surface area contributed by atoms with Crippen molar-refractivity contribution in [3.63, 3.8) is 0 Å². The number of hydrogen-bond donors (Lipinski definition) is 1. The first kappa shape index (κ1) is 13.3. The second-order valence-corrected chi connectivity index (χ2v) is 5.56. The highest BCUT2D eigenvalue weighted by atomic mass is 14.8. The van der Waals surface area contributed by atoms with E-state index in [1.807, 2.05) is 12.3 Å². The number of benzene rings is 1. The number of rotatable bonds is 5. The lowest BCUT2D eigenvalue weighted by atomic mass is 9.95. The van der Waals surface area contributed by atoms with Gasteiger partial charge in [-0.1, -0.05) is 37.3 Å². The Bertz CT molecular complexity index is 560. The standard InChI is InChI=1S/C18H22N2/c1-2-11-19-13-14-5-7-15(8-6-14)17-10-9-16-4-3-12-20-18(16)17/h3-8,12,17,19H,2,9-11,13H2,1H3. The van der Waals surface area contributed by atoms with Gasteiger partial charge in [-0.2, -0.15) is 0 Å².